The van der Waals surface area contributed by atoms with Gasteiger partial charge >= 0.3 is 12.4 Å². The van der Waals surface area contributed by atoms with Crippen LogP contribution in [-0.4, -0.2) is 30.2 Å². The van der Waals surface area contributed by atoms with Crippen LogP contribution in [0.5, 0.6) is 0 Å². The predicted octanol–water partition coefficient (Wildman–Crippen LogP) is 3.64. The van der Waals surface area contributed by atoms with Crippen molar-refractivity contribution in [3.8, 4) is 0 Å². The average molecular weight is 326 g/mol. The third-order valence-corrected chi connectivity index (χ3v) is 3.69. The van der Waals surface area contributed by atoms with E-state index in [-0.39, 0.29) is 17.8 Å². The highest BCUT2D eigenvalue weighted by molar-refractivity contribution is 6.20. The molecule has 118 valence electrons. The summed E-state index contributed by atoms with van der Waals surface area (Å²) in [6.07, 6.45) is -8.84. The van der Waals surface area contributed by atoms with Crippen LogP contribution < -0.4 is 5.32 Å². The summed E-state index contributed by atoms with van der Waals surface area (Å²) in [7, 11) is 0. The minimum absolute atomic E-state index is 0.0138. The summed E-state index contributed by atoms with van der Waals surface area (Å²) in [6, 6.07) is 0. The Morgan fingerprint density at radius 2 is 1.50 bits per heavy atom. The lowest BCUT2D eigenvalue weighted by molar-refractivity contribution is -0.274. The third-order valence-electron chi connectivity index (χ3n) is 3.26. The summed E-state index contributed by atoms with van der Waals surface area (Å²) >= 11 is 5.83. The van der Waals surface area contributed by atoms with Gasteiger partial charge in [-0.2, -0.15) is 26.3 Å². The summed E-state index contributed by atoms with van der Waals surface area (Å²) in [5, 5.41) is 1.74. The minimum Gasteiger partial charge on any atom is -0.355 e. The van der Waals surface area contributed by atoms with Crippen molar-refractivity contribution in [1.29, 1.82) is 0 Å². The number of nitrogens with one attached hydrogen (secondary N) is 1. The van der Waals surface area contributed by atoms with Crippen LogP contribution >= 0.6 is 11.6 Å². The van der Waals surface area contributed by atoms with E-state index in [2.05, 4.69) is 0 Å². The molecule has 0 saturated heterocycles. The summed E-state index contributed by atoms with van der Waals surface area (Å²) in [6.45, 7) is -0.189. The Bertz CT molecular complexity index is 321. The van der Waals surface area contributed by atoms with E-state index in [1.807, 2.05) is 0 Å². The summed E-state index contributed by atoms with van der Waals surface area (Å²) in [5.74, 6) is -6.14. The molecule has 0 aromatic heterocycles. The van der Waals surface area contributed by atoms with Crippen molar-refractivity contribution >= 4 is 17.5 Å². The number of rotatable bonds is 3. The van der Waals surface area contributed by atoms with Gasteiger partial charge in [0.2, 0.25) is 11.8 Å². The minimum atomic E-state index is -5.64. The molecular weight excluding hydrogens is 312 g/mol. The average Bonchev–Trinajstić information content (AvgIpc) is 2.24. The van der Waals surface area contributed by atoms with E-state index in [1.165, 1.54) is 0 Å². The molecule has 0 atom stereocenters. The maximum atomic E-state index is 12.3. The van der Waals surface area contributed by atoms with E-state index in [0.29, 0.717) is 25.7 Å². The topological polar surface area (TPSA) is 29.1 Å². The largest absolute Gasteiger partial charge is 0.409 e. The molecule has 0 spiro atoms. The van der Waals surface area contributed by atoms with Gasteiger partial charge in [0.1, 0.15) is 0 Å². The number of carbonyl (C=O) groups is 1. The van der Waals surface area contributed by atoms with Crippen molar-refractivity contribution in [1.82, 2.24) is 5.32 Å². The lowest BCUT2D eigenvalue weighted by atomic mass is 9.89. The fraction of sp³-hybridized carbons (Fsp3) is 0.909. The molecule has 9 heteroatoms. The number of halogens is 7. The zero-order valence-corrected chi connectivity index (χ0v) is 11.1. The Morgan fingerprint density at radius 3 is 1.90 bits per heavy atom. The summed E-state index contributed by atoms with van der Waals surface area (Å²) in [5.41, 5.74) is 0. The molecule has 0 bridgehead atoms. The van der Waals surface area contributed by atoms with Gasteiger partial charge in [-0.05, 0) is 31.6 Å². The van der Waals surface area contributed by atoms with Gasteiger partial charge in [0, 0.05) is 11.9 Å². The van der Waals surface area contributed by atoms with Gasteiger partial charge in [-0.25, -0.2) is 0 Å². The van der Waals surface area contributed by atoms with Crippen molar-refractivity contribution in [2.75, 3.05) is 6.54 Å². The molecule has 1 rings (SSSR count). The number of alkyl halides is 7. The molecule has 0 radical (unpaired) electrons. The van der Waals surface area contributed by atoms with Gasteiger partial charge in [-0.15, -0.1) is 11.6 Å². The van der Waals surface area contributed by atoms with Crippen molar-refractivity contribution < 1.29 is 31.1 Å². The molecule has 1 amide bonds. The Kier molecular flexibility index (Phi) is 5.57. The second kappa shape index (κ2) is 6.41. The highest BCUT2D eigenvalue weighted by Gasteiger charge is 2.61. The van der Waals surface area contributed by atoms with Crippen LogP contribution in [-0.2, 0) is 4.79 Å². The number of hydrogen-bond acceptors (Lipinski definition) is 1. The quantitative estimate of drug-likeness (QED) is 0.623. The van der Waals surface area contributed by atoms with E-state index in [9.17, 15) is 31.1 Å². The van der Waals surface area contributed by atoms with Crippen molar-refractivity contribution in [2.24, 2.45) is 11.8 Å². The first-order valence-electron chi connectivity index (χ1n) is 6.07. The molecule has 2 nitrogen and oxygen atoms in total. The van der Waals surface area contributed by atoms with E-state index in [1.54, 1.807) is 5.32 Å². The number of carbonyl (C=O) groups excluding carboxylic acids is 1. The molecule has 0 unspecified atom stereocenters. The monoisotopic (exact) mass is 325 g/mol. The second-order valence-electron chi connectivity index (χ2n) is 4.88. The van der Waals surface area contributed by atoms with Crippen molar-refractivity contribution in [3.63, 3.8) is 0 Å². The molecule has 1 N–H and O–H groups in total. The van der Waals surface area contributed by atoms with Crippen LogP contribution in [0.4, 0.5) is 26.3 Å². The number of amides is 1. The van der Waals surface area contributed by atoms with Crippen LogP contribution in [0.2, 0.25) is 0 Å². The Morgan fingerprint density at radius 1 is 1.05 bits per heavy atom. The van der Waals surface area contributed by atoms with E-state index < -0.39 is 24.2 Å². The third kappa shape index (κ3) is 5.03. The second-order valence-corrected chi connectivity index (χ2v) is 5.50. The van der Waals surface area contributed by atoms with Crippen LogP contribution in [0, 0.1) is 11.8 Å². The van der Waals surface area contributed by atoms with Gasteiger partial charge in [0.25, 0.3) is 0 Å². The lowest BCUT2D eigenvalue weighted by Gasteiger charge is -2.27. The van der Waals surface area contributed by atoms with Crippen LogP contribution in [0.3, 0.4) is 0 Å². The van der Waals surface area contributed by atoms with E-state index >= 15 is 0 Å². The van der Waals surface area contributed by atoms with Crippen LogP contribution in [0.25, 0.3) is 0 Å². The maximum Gasteiger partial charge on any atom is 0.409 e. The van der Waals surface area contributed by atoms with Gasteiger partial charge in [0.15, 0.2) is 0 Å². The lowest BCUT2D eigenvalue weighted by Crippen LogP contribution is -2.48. The SMILES string of the molecule is O=C(NCC1CCC(Cl)CC1)C(C(F)(F)F)C(F)(F)F. The molecule has 0 aromatic carbocycles. The zero-order chi connectivity index (χ0) is 15.6. The molecule has 1 saturated carbocycles. The van der Waals surface area contributed by atoms with Gasteiger partial charge in [-0.3, -0.25) is 4.79 Å². The van der Waals surface area contributed by atoms with E-state index in [4.69, 9.17) is 11.6 Å². The predicted molar refractivity (Wildman–Crippen MR) is 60.2 cm³/mol. The molecule has 20 heavy (non-hydrogen) atoms. The first kappa shape index (κ1) is 17.4. The van der Waals surface area contributed by atoms with E-state index in [0.717, 1.165) is 0 Å². The standard InChI is InChI=1S/C11H14ClF6NO/c12-7-3-1-6(2-4-7)5-19-9(20)8(10(13,14)15)11(16,17)18/h6-8H,1-5H2,(H,19,20). The Balaban J connectivity index is 2.55. The van der Waals surface area contributed by atoms with Crippen molar-refractivity contribution in [2.45, 2.75) is 43.4 Å². The maximum absolute atomic E-state index is 12.3. The van der Waals surface area contributed by atoms with Gasteiger partial charge < -0.3 is 5.32 Å². The zero-order valence-electron chi connectivity index (χ0n) is 10.3. The first-order valence-corrected chi connectivity index (χ1v) is 6.50. The molecular formula is C11H14ClF6NO. The fourth-order valence-electron chi connectivity index (χ4n) is 2.16. The molecule has 1 aliphatic rings. The van der Waals surface area contributed by atoms with Gasteiger partial charge in [-0.1, -0.05) is 0 Å². The molecule has 1 fully saturated rings. The fourth-order valence-corrected chi connectivity index (χ4v) is 2.41. The number of hydrogen-bond donors (Lipinski definition) is 1. The van der Waals surface area contributed by atoms with Crippen LogP contribution in [0.15, 0.2) is 0 Å². The highest BCUT2D eigenvalue weighted by atomic mass is 35.5. The normalized spacial score (nSPS) is 24.8. The summed E-state index contributed by atoms with van der Waals surface area (Å²) < 4.78 is 73.7. The highest BCUT2D eigenvalue weighted by Crippen LogP contribution is 2.39. The Hall–Kier alpha value is -0.660. The molecule has 1 aliphatic carbocycles. The molecule has 0 aromatic rings. The summed E-state index contributed by atoms with van der Waals surface area (Å²) in [4.78, 5) is 11.2. The van der Waals surface area contributed by atoms with Crippen LogP contribution in [0.1, 0.15) is 25.7 Å². The smallest absolute Gasteiger partial charge is 0.355 e. The molecule has 0 aliphatic heterocycles. The van der Waals surface area contributed by atoms with Crippen molar-refractivity contribution in [3.05, 3.63) is 0 Å². The molecule has 0 heterocycles. The Labute approximate surface area is 116 Å². The van der Waals surface area contributed by atoms with Gasteiger partial charge in [0.05, 0.1) is 0 Å². The first-order chi connectivity index (χ1) is 9.01.